The summed E-state index contributed by atoms with van der Waals surface area (Å²) in [4.78, 5) is 25.3. The summed E-state index contributed by atoms with van der Waals surface area (Å²) in [5, 5.41) is 2.62. The van der Waals surface area contributed by atoms with E-state index in [1.54, 1.807) is 6.08 Å². The Morgan fingerprint density at radius 3 is 2.71 bits per heavy atom. The van der Waals surface area contributed by atoms with E-state index >= 15 is 0 Å². The SMILES string of the molecule is C=CCN1C(=O)N/C(=C/c2cccn2-c2cccc(C)c2C)C1=O. The molecule has 0 spiro atoms. The largest absolute Gasteiger partial charge is 0.329 e. The molecule has 1 saturated heterocycles. The van der Waals surface area contributed by atoms with Crippen LogP contribution in [-0.2, 0) is 4.79 Å². The summed E-state index contributed by atoms with van der Waals surface area (Å²) in [7, 11) is 0. The predicted molar refractivity (Wildman–Crippen MR) is 93.7 cm³/mol. The zero-order valence-corrected chi connectivity index (χ0v) is 13.7. The van der Waals surface area contributed by atoms with Gasteiger partial charge in [0.05, 0.1) is 0 Å². The zero-order chi connectivity index (χ0) is 17.3. The highest BCUT2D eigenvalue weighted by atomic mass is 16.2. The molecule has 1 fully saturated rings. The van der Waals surface area contributed by atoms with E-state index in [0.29, 0.717) is 0 Å². The lowest BCUT2D eigenvalue weighted by molar-refractivity contribution is -0.122. The molecular formula is C19H19N3O2. The first-order valence-electron chi connectivity index (χ1n) is 7.72. The average molecular weight is 321 g/mol. The molecule has 0 saturated carbocycles. The van der Waals surface area contributed by atoms with Crippen LogP contribution in [0.5, 0.6) is 0 Å². The van der Waals surface area contributed by atoms with Crippen molar-refractivity contribution in [1.82, 2.24) is 14.8 Å². The number of nitrogens with zero attached hydrogens (tertiary/aromatic N) is 2. The molecule has 5 heteroatoms. The molecule has 1 N–H and O–H groups in total. The summed E-state index contributed by atoms with van der Waals surface area (Å²) in [5.41, 5.74) is 4.51. The molecule has 0 unspecified atom stereocenters. The highest BCUT2D eigenvalue weighted by molar-refractivity contribution is 6.14. The first kappa shape index (κ1) is 15.8. The van der Waals surface area contributed by atoms with Crippen molar-refractivity contribution in [2.75, 3.05) is 6.54 Å². The third-order valence-electron chi connectivity index (χ3n) is 4.18. The van der Waals surface area contributed by atoms with Gasteiger partial charge in [0, 0.05) is 24.1 Å². The molecular weight excluding hydrogens is 302 g/mol. The molecule has 1 aromatic heterocycles. The lowest BCUT2D eigenvalue weighted by Crippen LogP contribution is -2.30. The Labute approximate surface area is 140 Å². The van der Waals surface area contributed by atoms with Gasteiger partial charge < -0.3 is 9.88 Å². The van der Waals surface area contributed by atoms with Crippen LogP contribution in [-0.4, -0.2) is 28.0 Å². The number of hydrogen-bond acceptors (Lipinski definition) is 2. The van der Waals surface area contributed by atoms with E-state index in [9.17, 15) is 9.59 Å². The number of rotatable bonds is 4. The van der Waals surface area contributed by atoms with Gasteiger partial charge in [-0.1, -0.05) is 18.2 Å². The van der Waals surface area contributed by atoms with Gasteiger partial charge >= 0.3 is 6.03 Å². The van der Waals surface area contributed by atoms with Crippen molar-refractivity contribution >= 4 is 18.0 Å². The van der Waals surface area contributed by atoms with Crippen molar-refractivity contribution in [1.29, 1.82) is 0 Å². The zero-order valence-electron chi connectivity index (χ0n) is 13.7. The van der Waals surface area contributed by atoms with Gasteiger partial charge in [0.25, 0.3) is 5.91 Å². The number of nitrogens with one attached hydrogen (secondary N) is 1. The van der Waals surface area contributed by atoms with E-state index < -0.39 is 6.03 Å². The highest BCUT2D eigenvalue weighted by Crippen LogP contribution is 2.22. The van der Waals surface area contributed by atoms with Crippen LogP contribution >= 0.6 is 0 Å². The molecule has 122 valence electrons. The molecule has 0 aliphatic carbocycles. The number of carbonyl (C=O) groups excluding carboxylic acids is 2. The number of aromatic nitrogens is 1. The molecule has 5 nitrogen and oxygen atoms in total. The molecule has 3 amide bonds. The summed E-state index contributed by atoms with van der Waals surface area (Å²) in [5.74, 6) is -0.339. The Hall–Kier alpha value is -3.08. The van der Waals surface area contributed by atoms with E-state index in [4.69, 9.17) is 0 Å². The first-order chi connectivity index (χ1) is 11.5. The second-order valence-corrected chi connectivity index (χ2v) is 5.71. The second kappa shape index (κ2) is 6.20. The van der Waals surface area contributed by atoms with E-state index in [1.165, 1.54) is 17.2 Å². The Morgan fingerprint density at radius 2 is 1.96 bits per heavy atom. The number of imide groups is 1. The lowest BCUT2D eigenvalue weighted by atomic mass is 10.1. The summed E-state index contributed by atoms with van der Waals surface area (Å²) in [6.07, 6.45) is 5.17. The Bertz CT molecular complexity index is 861. The van der Waals surface area contributed by atoms with Crippen molar-refractivity contribution < 1.29 is 9.59 Å². The van der Waals surface area contributed by atoms with Gasteiger partial charge in [0.1, 0.15) is 5.70 Å². The fraction of sp³-hybridized carbons (Fsp3) is 0.158. The van der Waals surface area contributed by atoms with Gasteiger partial charge in [-0.15, -0.1) is 6.58 Å². The van der Waals surface area contributed by atoms with Crippen molar-refractivity contribution in [3.63, 3.8) is 0 Å². The summed E-state index contributed by atoms with van der Waals surface area (Å²) in [6.45, 7) is 7.89. The number of benzene rings is 1. The molecule has 1 aliphatic rings. The standard InChI is InChI=1S/C19H19N3O2/c1-4-10-22-18(23)16(20-19(22)24)12-15-8-6-11-21(15)17-9-5-7-13(2)14(17)3/h4-9,11-12H,1,10H2,2-3H3,(H,20,24)/b16-12+. The van der Waals surface area contributed by atoms with Crippen LogP contribution in [0.25, 0.3) is 11.8 Å². The van der Waals surface area contributed by atoms with Crippen LogP contribution in [0, 0.1) is 13.8 Å². The summed E-state index contributed by atoms with van der Waals surface area (Å²) >= 11 is 0. The molecule has 0 atom stereocenters. The minimum Gasteiger partial charge on any atom is -0.317 e. The van der Waals surface area contributed by atoms with Crippen LogP contribution in [0.15, 0.2) is 54.9 Å². The Morgan fingerprint density at radius 1 is 1.17 bits per heavy atom. The van der Waals surface area contributed by atoms with Gasteiger partial charge in [-0.2, -0.15) is 0 Å². The van der Waals surface area contributed by atoms with Crippen LogP contribution in [0.3, 0.4) is 0 Å². The molecule has 1 aliphatic heterocycles. The molecule has 3 rings (SSSR count). The van der Waals surface area contributed by atoms with Crippen LogP contribution in [0.4, 0.5) is 4.79 Å². The fourth-order valence-electron chi connectivity index (χ4n) is 2.74. The van der Waals surface area contributed by atoms with E-state index in [-0.39, 0.29) is 18.1 Å². The highest BCUT2D eigenvalue weighted by Gasteiger charge is 2.32. The second-order valence-electron chi connectivity index (χ2n) is 5.71. The topological polar surface area (TPSA) is 54.3 Å². The first-order valence-corrected chi connectivity index (χ1v) is 7.72. The molecule has 0 radical (unpaired) electrons. The molecule has 24 heavy (non-hydrogen) atoms. The maximum Gasteiger partial charge on any atom is 0.329 e. The molecule has 1 aromatic carbocycles. The minimum absolute atomic E-state index is 0.194. The van der Waals surface area contributed by atoms with Gasteiger partial charge in [0.15, 0.2) is 0 Å². The van der Waals surface area contributed by atoms with Crippen LogP contribution in [0.1, 0.15) is 16.8 Å². The smallest absolute Gasteiger partial charge is 0.317 e. The fourth-order valence-corrected chi connectivity index (χ4v) is 2.74. The molecule has 2 aromatic rings. The van der Waals surface area contributed by atoms with Crippen LogP contribution < -0.4 is 5.32 Å². The van der Waals surface area contributed by atoms with Gasteiger partial charge in [0.2, 0.25) is 0 Å². The summed E-state index contributed by atoms with van der Waals surface area (Å²) in [6, 6.07) is 9.50. The maximum atomic E-state index is 12.3. The van der Waals surface area contributed by atoms with Crippen molar-refractivity contribution in [2.24, 2.45) is 0 Å². The maximum absolute atomic E-state index is 12.3. The molecule has 0 bridgehead atoms. The quantitative estimate of drug-likeness (QED) is 0.534. The lowest BCUT2D eigenvalue weighted by Gasteiger charge is -2.12. The number of urea groups is 1. The minimum atomic E-state index is -0.420. The number of carbonyl (C=O) groups is 2. The third kappa shape index (κ3) is 2.65. The number of hydrogen-bond donors (Lipinski definition) is 1. The van der Waals surface area contributed by atoms with Gasteiger partial charge in [-0.3, -0.25) is 9.69 Å². The number of aryl methyl sites for hydroxylation is 1. The van der Waals surface area contributed by atoms with Crippen molar-refractivity contribution in [3.8, 4) is 5.69 Å². The molecule has 2 heterocycles. The van der Waals surface area contributed by atoms with E-state index in [0.717, 1.165) is 16.3 Å². The average Bonchev–Trinajstić information content (AvgIpc) is 3.11. The number of amides is 3. The monoisotopic (exact) mass is 321 g/mol. The third-order valence-corrected chi connectivity index (χ3v) is 4.18. The Balaban J connectivity index is 2.00. The Kier molecular flexibility index (Phi) is 4.08. The van der Waals surface area contributed by atoms with Crippen molar-refractivity contribution in [2.45, 2.75) is 13.8 Å². The van der Waals surface area contributed by atoms with Gasteiger partial charge in [-0.25, -0.2) is 4.79 Å². The van der Waals surface area contributed by atoms with E-state index in [1.807, 2.05) is 35.0 Å². The predicted octanol–water partition coefficient (Wildman–Crippen LogP) is 3.17. The summed E-state index contributed by atoms with van der Waals surface area (Å²) < 4.78 is 2.00. The van der Waals surface area contributed by atoms with Crippen molar-refractivity contribution in [3.05, 3.63) is 71.7 Å². The van der Waals surface area contributed by atoms with Crippen LogP contribution in [0.2, 0.25) is 0 Å². The van der Waals surface area contributed by atoms with E-state index in [2.05, 4.69) is 31.8 Å². The normalized spacial score (nSPS) is 15.9. The van der Waals surface area contributed by atoms with Gasteiger partial charge in [-0.05, 0) is 49.2 Å².